The van der Waals surface area contributed by atoms with Gasteiger partial charge >= 0.3 is 0 Å². The highest BCUT2D eigenvalue weighted by atomic mass is 16.2. The average molecular weight is 321 g/mol. The number of hydrogen-bond acceptors (Lipinski definition) is 3. The van der Waals surface area contributed by atoms with Crippen LogP contribution in [0.2, 0.25) is 0 Å². The highest BCUT2D eigenvalue weighted by Crippen LogP contribution is 2.31. The molecule has 4 heteroatoms. The largest absolute Gasteiger partial charge is 0.356 e. The number of nitrogens with one attached hydrogen (secondary N) is 1. The zero-order valence-corrected chi connectivity index (χ0v) is 13.8. The van der Waals surface area contributed by atoms with Crippen molar-refractivity contribution in [1.82, 2.24) is 10.3 Å². The number of piperidine rings is 1. The average Bonchev–Trinajstić information content (AvgIpc) is 3.06. The maximum atomic E-state index is 12.8. The van der Waals surface area contributed by atoms with Crippen molar-refractivity contribution in [2.24, 2.45) is 5.92 Å². The van der Waals surface area contributed by atoms with Crippen LogP contribution < -0.4 is 10.2 Å². The summed E-state index contributed by atoms with van der Waals surface area (Å²) in [6.45, 7) is 1.74. The predicted molar refractivity (Wildman–Crippen MR) is 94.8 cm³/mol. The molecule has 0 saturated carbocycles. The third-order valence-corrected chi connectivity index (χ3v) is 5.21. The van der Waals surface area contributed by atoms with Gasteiger partial charge in [-0.15, -0.1) is 0 Å². The fourth-order valence-corrected chi connectivity index (χ4v) is 3.94. The van der Waals surface area contributed by atoms with Gasteiger partial charge in [-0.1, -0.05) is 30.3 Å². The molecule has 0 bridgehead atoms. The fourth-order valence-electron chi connectivity index (χ4n) is 3.94. The third-order valence-electron chi connectivity index (χ3n) is 5.21. The van der Waals surface area contributed by atoms with Crippen molar-refractivity contribution in [3.05, 3.63) is 59.8 Å². The van der Waals surface area contributed by atoms with Crippen LogP contribution in [-0.2, 0) is 11.2 Å². The van der Waals surface area contributed by atoms with E-state index in [-0.39, 0.29) is 17.9 Å². The molecule has 4 nitrogen and oxygen atoms in total. The zero-order valence-electron chi connectivity index (χ0n) is 13.8. The number of aromatic nitrogens is 1. The highest BCUT2D eigenvalue weighted by molar-refractivity contribution is 5.80. The van der Waals surface area contributed by atoms with Crippen LogP contribution in [0.3, 0.4) is 0 Å². The number of benzene rings is 1. The van der Waals surface area contributed by atoms with Gasteiger partial charge in [-0.2, -0.15) is 0 Å². The monoisotopic (exact) mass is 321 g/mol. The smallest absolute Gasteiger partial charge is 0.225 e. The molecule has 1 aromatic heterocycles. The molecule has 1 amide bonds. The Morgan fingerprint density at radius 1 is 1.12 bits per heavy atom. The second-order valence-corrected chi connectivity index (χ2v) is 6.77. The first-order valence-corrected chi connectivity index (χ1v) is 8.85. The second-order valence-electron chi connectivity index (χ2n) is 6.77. The van der Waals surface area contributed by atoms with E-state index in [1.807, 2.05) is 24.4 Å². The summed E-state index contributed by atoms with van der Waals surface area (Å²) >= 11 is 0. The third kappa shape index (κ3) is 3.01. The van der Waals surface area contributed by atoms with Gasteiger partial charge in [0.2, 0.25) is 5.91 Å². The van der Waals surface area contributed by atoms with Crippen LogP contribution in [0.5, 0.6) is 0 Å². The molecule has 2 atom stereocenters. The molecule has 0 radical (unpaired) electrons. The van der Waals surface area contributed by atoms with Crippen LogP contribution in [0.1, 0.15) is 36.4 Å². The number of carbonyl (C=O) groups excluding carboxylic acids is 1. The minimum atomic E-state index is 0.0496. The Kier molecular flexibility index (Phi) is 4.20. The van der Waals surface area contributed by atoms with Gasteiger partial charge in [0.25, 0.3) is 0 Å². The van der Waals surface area contributed by atoms with E-state index in [4.69, 9.17) is 0 Å². The summed E-state index contributed by atoms with van der Waals surface area (Å²) in [5.41, 5.74) is 2.67. The van der Waals surface area contributed by atoms with Crippen molar-refractivity contribution in [1.29, 1.82) is 0 Å². The Hall–Kier alpha value is -2.36. The molecule has 1 fully saturated rings. The summed E-state index contributed by atoms with van der Waals surface area (Å²) < 4.78 is 0. The van der Waals surface area contributed by atoms with Gasteiger partial charge in [-0.05, 0) is 48.9 Å². The van der Waals surface area contributed by atoms with Gasteiger partial charge in [0.15, 0.2) is 0 Å². The van der Waals surface area contributed by atoms with Gasteiger partial charge in [0.1, 0.15) is 5.82 Å². The molecule has 24 heavy (non-hydrogen) atoms. The van der Waals surface area contributed by atoms with E-state index in [0.29, 0.717) is 0 Å². The molecule has 4 rings (SSSR count). The topological polar surface area (TPSA) is 45.2 Å². The molecular formula is C20H23N3O. The van der Waals surface area contributed by atoms with Crippen molar-refractivity contribution in [2.45, 2.75) is 31.7 Å². The Labute approximate surface area is 142 Å². The quantitative estimate of drug-likeness (QED) is 0.945. The molecule has 0 spiro atoms. The van der Waals surface area contributed by atoms with Crippen LogP contribution in [0.4, 0.5) is 5.82 Å². The van der Waals surface area contributed by atoms with Crippen LogP contribution >= 0.6 is 0 Å². The van der Waals surface area contributed by atoms with E-state index in [1.165, 1.54) is 11.1 Å². The van der Waals surface area contributed by atoms with Gasteiger partial charge in [0.05, 0.1) is 12.0 Å². The van der Waals surface area contributed by atoms with E-state index < -0.39 is 0 Å². The highest BCUT2D eigenvalue weighted by Gasteiger charge is 2.30. The van der Waals surface area contributed by atoms with Gasteiger partial charge in [-0.25, -0.2) is 4.98 Å². The summed E-state index contributed by atoms with van der Waals surface area (Å²) in [4.78, 5) is 19.4. The van der Waals surface area contributed by atoms with Crippen LogP contribution in [0, 0.1) is 5.92 Å². The Morgan fingerprint density at radius 3 is 2.88 bits per heavy atom. The van der Waals surface area contributed by atoms with Crippen molar-refractivity contribution in [2.75, 3.05) is 18.0 Å². The number of nitrogens with zero attached hydrogens (tertiary/aromatic N) is 2. The summed E-state index contributed by atoms with van der Waals surface area (Å²) in [5.74, 6) is 1.21. The lowest BCUT2D eigenvalue weighted by atomic mass is 9.96. The number of fused-ring (bicyclic) bond motifs is 1. The van der Waals surface area contributed by atoms with Crippen molar-refractivity contribution >= 4 is 11.7 Å². The standard InChI is InChI=1S/C20H23N3O/c24-20(22-18-11-10-15-6-1-2-8-17(15)18)16-7-5-13-23(14-16)19-9-3-4-12-21-19/h1-4,6,8-9,12,16,18H,5,7,10-11,13-14H2,(H,22,24). The van der Waals surface area contributed by atoms with E-state index in [9.17, 15) is 4.79 Å². The lowest BCUT2D eigenvalue weighted by Crippen LogP contribution is -2.44. The van der Waals surface area contributed by atoms with Crippen LogP contribution in [0.25, 0.3) is 0 Å². The number of carbonyl (C=O) groups is 1. The lowest BCUT2D eigenvalue weighted by Gasteiger charge is -2.33. The van der Waals surface area contributed by atoms with E-state index in [0.717, 1.165) is 44.6 Å². The zero-order chi connectivity index (χ0) is 16.4. The molecular weight excluding hydrogens is 298 g/mol. The van der Waals surface area contributed by atoms with E-state index in [2.05, 4.69) is 39.5 Å². The number of rotatable bonds is 3. The Balaban J connectivity index is 1.42. The molecule has 2 aliphatic rings. The molecule has 1 aliphatic heterocycles. The maximum Gasteiger partial charge on any atom is 0.225 e. The molecule has 2 heterocycles. The van der Waals surface area contributed by atoms with Crippen molar-refractivity contribution < 1.29 is 4.79 Å². The first kappa shape index (κ1) is 15.2. The normalized spacial score (nSPS) is 22.9. The van der Waals surface area contributed by atoms with E-state index >= 15 is 0 Å². The van der Waals surface area contributed by atoms with Crippen molar-refractivity contribution in [3.63, 3.8) is 0 Å². The maximum absolute atomic E-state index is 12.8. The predicted octanol–water partition coefficient (Wildman–Crippen LogP) is 3.10. The fraction of sp³-hybridized carbons (Fsp3) is 0.400. The number of anilines is 1. The SMILES string of the molecule is O=C(NC1CCc2ccccc21)C1CCCN(c2ccccn2)C1. The number of hydrogen-bond donors (Lipinski definition) is 1. The molecule has 124 valence electrons. The van der Waals surface area contributed by atoms with E-state index in [1.54, 1.807) is 0 Å². The summed E-state index contributed by atoms with van der Waals surface area (Å²) in [7, 11) is 0. The Morgan fingerprint density at radius 2 is 2.00 bits per heavy atom. The number of pyridine rings is 1. The number of amides is 1. The molecule has 1 saturated heterocycles. The Bertz CT molecular complexity index is 716. The van der Waals surface area contributed by atoms with Gasteiger partial charge in [-0.3, -0.25) is 4.79 Å². The van der Waals surface area contributed by atoms with Gasteiger partial charge < -0.3 is 10.2 Å². The minimum absolute atomic E-state index is 0.0496. The van der Waals surface area contributed by atoms with Crippen molar-refractivity contribution in [3.8, 4) is 0 Å². The molecule has 1 aliphatic carbocycles. The summed E-state index contributed by atoms with van der Waals surface area (Å²) in [6, 6.07) is 14.6. The summed E-state index contributed by atoms with van der Waals surface area (Å²) in [6.07, 6.45) is 5.89. The summed E-state index contributed by atoms with van der Waals surface area (Å²) in [5, 5.41) is 3.29. The minimum Gasteiger partial charge on any atom is -0.356 e. The second kappa shape index (κ2) is 6.63. The molecule has 2 unspecified atom stereocenters. The lowest BCUT2D eigenvalue weighted by molar-refractivity contribution is -0.126. The van der Waals surface area contributed by atoms with Crippen LogP contribution in [-0.4, -0.2) is 24.0 Å². The molecule has 2 aromatic rings. The first-order chi connectivity index (χ1) is 11.8. The molecule has 1 N–H and O–H groups in total. The first-order valence-electron chi connectivity index (χ1n) is 8.85. The number of aryl methyl sites for hydroxylation is 1. The van der Waals surface area contributed by atoms with Gasteiger partial charge in [0, 0.05) is 19.3 Å². The van der Waals surface area contributed by atoms with Crippen LogP contribution in [0.15, 0.2) is 48.7 Å². The molecule has 1 aromatic carbocycles.